The molecule has 0 radical (unpaired) electrons. The van der Waals surface area contributed by atoms with Crippen molar-refractivity contribution in [3.05, 3.63) is 38.9 Å². The zero-order valence-corrected chi connectivity index (χ0v) is 12.8. The molecule has 0 spiro atoms. The van der Waals surface area contributed by atoms with Gasteiger partial charge in [0.15, 0.2) is 0 Å². The number of carbonyl (C=O) groups excluding carboxylic acids is 1. The normalized spacial score (nSPS) is 12.6. The lowest BCUT2D eigenvalue weighted by Gasteiger charge is -2.23. The Kier molecular flexibility index (Phi) is 5.51. The summed E-state index contributed by atoms with van der Waals surface area (Å²) in [4.78, 5) is 22.0. The maximum Gasteiger partial charge on any atom is 0.408 e. The van der Waals surface area contributed by atoms with Crippen molar-refractivity contribution in [1.29, 1.82) is 0 Å². The van der Waals surface area contributed by atoms with Crippen LogP contribution in [0.15, 0.2) is 18.2 Å². The molecule has 21 heavy (non-hydrogen) atoms. The van der Waals surface area contributed by atoms with E-state index in [4.69, 9.17) is 22.1 Å². The van der Waals surface area contributed by atoms with Crippen molar-refractivity contribution in [1.82, 2.24) is 5.32 Å². The van der Waals surface area contributed by atoms with Gasteiger partial charge < -0.3 is 15.8 Å². The van der Waals surface area contributed by atoms with Crippen LogP contribution in [0.4, 0.5) is 10.5 Å². The first-order chi connectivity index (χ1) is 9.64. The van der Waals surface area contributed by atoms with Crippen molar-refractivity contribution >= 4 is 23.4 Å². The summed E-state index contributed by atoms with van der Waals surface area (Å²) in [6, 6.07) is 3.30. The second-order valence-corrected chi connectivity index (χ2v) is 5.80. The van der Waals surface area contributed by atoms with E-state index in [-0.39, 0.29) is 17.3 Å². The van der Waals surface area contributed by atoms with Crippen LogP contribution in [0.2, 0.25) is 5.02 Å². The zero-order valence-electron chi connectivity index (χ0n) is 12.1. The summed E-state index contributed by atoms with van der Waals surface area (Å²) in [6.07, 6.45) is -0.666. The first-order valence-corrected chi connectivity index (χ1v) is 6.65. The van der Waals surface area contributed by atoms with Crippen LogP contribution >= 0.6 is 11.6 Å². The molecule has 0 aliphatic carbocycles. The summed E-state index contributed by atoms with van der Waals surface area (Å²) in [5.41, 5.74) is 5.20. The van der Waals surface area contributed by atoms with Gasteiger partial charge in [0, 0.05) is 29.3 Å². The Labute approximate surface area is 127 Å². The fourth-order valence-electron chi connectivity index (χ4n) is 1.63. The second-order valence-electron chi connectivity index (χ2n) is 5.40. The maximum absolute atomic E-state index is 11.8. The largest absolute Gasteiger partial charge is 0.444 e. The third kappa shape index (κ3) is 5.20. The Morgan fingerprint density at radius 3 is 2.62 bits per heavy atom. The number of nitro groups is 1. The van der Waals surface area contributed by atoms with E-state index in [0.717, 1.165) is 0 Å². The van der Waals surface area contributed by atoms with Gasteiger partial charge in [0.25, 0.3) is 5.69 Å². The van der Waals surface area contributed by atoms with Crippen molar-refractivity contribution in [2.45, 2.75) is 32.4 Å². The Bertz CT molecular complexity index is 543. The molecular formula is C13H18ClN3O4. The quantitative estimate of drug-likeness (QED) is 0.656. The molecule has 0 aromatic heterocycles. The van der Waals surface area contributed by atoms with Crippen LogP contribution < -0.4 is 11.1 Å². The van der Waals surface area contributed by atoms with Crippen LogP contribution in [0.25, 0.3) is 0 Å². The number of rotatable bonds is 4. The summed E-state index contributed by atoms with van der Waals surface area (Å²) in [6.45, 7) is 5.21. The number of amides is 1. The number of ether oxygens (including phenoxy) is 1. The monoisotopic (exact) mass is 315 g/mol. The Morgan fingerprint density at radius 1 is 1.52 bits per heavy atom. The Hall–Kier alpha value is -1.86. The molecule has 0 saturated heterocycles. The van der Waals surface area contributed by atoms with Gasteiger partial charge in [-0.25, -0.2) is 4.79 Å². The number of nitrogens with one attached hydrogen (secondary N) is 1. The van der Waals surface area contributed by atoms with Crippen molar-refractivity contribution < 1.29 is 14.5 Å². The van der Waals surface area contributed by atoms with Gasteiger partial charge in [0.2, 0.25) is 0 Å². The molecule has 0 aliphatic heterocycles. The highest BCUT2D eigenvalue weighted by Gasteiger charge is 2.22. The number of halogens is 1. The van der Waals surface area contributed by atoms with Gasteiger partial charge in [-0.1, -0.05) is 11.6 Å². The predicted octanol–water partition coefficient (Wildman–Crippen LogP) is 2.77. The number of benzene rings is 1. The first-order valence-electron chi connectivity index (χ1n) is 6.27. The van der Waals surface area contributed by atoms with E-state index in [9.17, 15) is 14.9 Å². The van der Waals surface area contributed by atoms with Crippen LogP contribution in [0.3, 0.4) is 0 Å². The molecule has 0 aliphatic rings. The van der Waals surface area contributed by atoms with E-state index in [0.29, 0.717) is 5.56 Å². The van der Waals surface area contributed by atoms with Gasteiger partial charge >= 0.3 is 6.09 Å². The number of nitro benzene ring substituents is 1. The van der Waals surface area contributed by atoms with Crippen molar-refractivity contribution in [2.24, 2.45) is 5.73 Å². The highest BCUT2D eigenvalue weighted by atomic mass is 35.5. The SMILES string of the molecule is CC(C)(C)OC(=O)NC(CN)c1cc([N+](=O)[O-])ccc1Cl. The molecule has 1 aromatic carbocycles. The number of nitrogens with two attached hydrogens (primary N) is 1. The van der Waals surface area contributed by atoms with Crippen molar-refractivity contribution in [3.63, 3.8) is 0 Å². The molecule has 1 atom stereocenters. The molecule has 0 saturated carbocycles. The van der Waals surface area contributed by atoms with Crippen LogP contribution in [-0.2, 0) is 4.74 Å². The smallest absolute Gasteiger partial charge is 0.408 e. The van der Waals surface area contributed by atoms with Crippen LogP contribution in [-0.4, -0.2) is 23.2 Å². The minimum Gasteiger partial charge on any atom is -0.444 e. The number of carbonyl (C=O) groups is 1. The first kappa shape index (κ1) is 17.2. The number of nitrogens with zero attached hydrogens (tertiary/aromatic N) is 1. The minimum atomic E-state index is -0.674. The molecule has 0 bridgehead atoms. The molecular weight excluding hydrogens is 298 g/mol. The minimum absolute atomic E-state index is 0.0279. The highest BCUT2D eigenvalue weighted by molar-refractivity contribution is 6.31. The third-order valence-corrected chi connectivity index (χ3v) is 2.84. The molecule has 1 rings (SSSR count). The number of hydrogen-bond donors (Lipinski definition) is 2. The van der Waals surface area contributed by atoms with Crippen molar-refractivity contribution in [3.8, 4) is 0 Å². The standard InChI is InChI=1S/C13H18ClN3O4/c1-13(2,3)21-12(18)16-11(7-15)9-6-8(17(19)20)4-5-10(9)14/h4-6,11H,7,15H2,1-3H3,(H,16,18). The second kappa shape index (κ2) is 6.73. The molecule has 1 aromatic rings. The summed E-state index contributed by atoms with van der Waals surface area (Å²) >= 11 is 6.02. The lowest BCUT2D eigenvalue weighted by molar-refractivity contribution is -0.384. The van der Waals surface area contributed by atoms with E-state index in [1.165, 1.54) is 18.2 Å². The third-order valence-electron chi connectivity index (χ3n) is 2.49. The molecule has 0 heterocycles. The average Bonchev–Trinajstić information content (AvgIpc) is 2.34. The Balaban J connectivity index is 2.97. The predicted molar refractivity (Wildman–Crippen MR) is 79.3 cm³/mol. The topological polar surface area (TPSA) is 107 Å². The van der Waals surface area contributed by atoms with E-state index in [1.54, 1.807) is 20.8 Å². The van der Waals surface area contributed by atoms with Gasteiger partial charge in [-0.2, -0.15) is 0 Å². The molecule has 1 unspecified atom stereocenters. The van der Waals surface area contributed by atoms with Crippen LogP contribution in [0, 0.1) is 10.1 Å². The number of non-ortho nitro benzene ring substituents is 1. The van der Waals surface area contributed by atoms with Crippen LogP contribution in [0.1, 0.15) is 32.4 Å². The summed E-state index contributed by atoms with van der Waals surface area (Å²) in [5.74, 6) is 0. The molecule has 3 N–H and O–H groups in total. The summed E-state index contributed by atoms with van der Waals surface area (Å²) < 4.78 is 5.13. The van der Waals surface area contributed by atoms with E-state index in [1.807, 2.05) is 0 Å². The van der Waals surface area contributed by atoms with Crippen molar-refractivity contribution in [2.75, 3.05) is 6.54 Å². The Morgan fingerprint density at radius 2 is 2.14 bits per heavy atom. The van der Waals surface area contributed by atoms with Gasteiger partial charge in [-0.15, -0.1) is 0 Å². The molecule has 116 valence electrons. The number of hydrogen-bond acceptors (Lipinski definition) is 5. The average molecular weight is 316 g/mol. The van der Waals surface area contributed by atoms with E-state index < -0.39 is 22.7 Å². The van der Waals surface area contributed by atoms with E-state index in [2.05, 4.69) is 5.32 Å². The lowest BCUT2D eigenvalue weighted by atomic mass is 10.1. The summed E-state index contributed by atoms with van der Waals surface area (Å²) in [7, 11) is 0. The van der Waals surface area contributed by atoms with Gasteiger partial charge in [-0.05, 0) is 26.8 Å². The molecule has 8 heteroatoms. The number of alkyl carbamates (subject to hydrolysis) is 1. The summed E-state index contributed by atoms with van der Waals surface area (Å²) in [5, 5.41) is 13.6. The lowest BCUT2D eigenvalue weighted by Crippen LogP contribution is -2.37. The van der Waals surface area contributed by atoms with Gasteiger partial charge in [-0.3, -0.25) is 10.1 Å². The highest BCUT2D eigenvalue weighted by Crippen LogP contribution is 2.27. The van der Waals surface area contributed by atoms with Gasteiger partial charge in [0.1, 0.15) is 5.60 Å². The zero-order chi connectivity index (χ0) is 16.2. The maximum atomic E-state index is 11.8. The van der Waals surface area contributed by atoms with E-state index >= 15 is 0 Å². The van der Waals surface area contributed by atoms with Gasteiger partial charge in [0.05, 0.1) is 11.0 Å². The fraction of sp³-hybridized carbons (Fsp3) is 0.462. The molecule has 7 nitrogen and oxygen atoms in total. The van der Waals surface area contributed by atoms with Crippen LogP contribution in [0.5, 0.6) is 0 Å². The fourth-order valence-corrected chi connectivity index (χ4v) is 1.87. The molecule has 1 amide bonds. The molecule has 0 fully saturated rings.